The molecule has 12 heteroatoms. The molecule has 3 aliphatic rings. The van der Waals surface area contributed by atoms with Crippen LogP contribution in [0.25, 0.3) is 11.4 Å². The van der Waals surface area contributed by atoms with Crippen LogP contribution in [0.2, 0.25) is 0 Å². The van der Waals surface area contributed by atoms with Gasteiger partial charge in [-0.2, -0.15) is 4.80 Å². The molecule has 10 nitrogen and oxygen atoms in total. The minimum absolute atomic E-state index is 0. The van der Waals surface area contributed by atoms with Crippen LogP contribution in [0.15, 0.2) is 30.3 Å². The van der Waals surface area contributed by atoms with Crippen molar-refractivity contribution < 1.29 is 19.8 Å². The first-order valence-corrected chi connectivity index (χ1v) is 11.8. The molecule has 0 bridgehead atoms. The van der Waals surface area contributed by atoms with E-state index in [-0.39, 0.29) is 30.9 Å². The van der Waals surface area contributed by atoms with Gasteiger partial charge in [0.15, 0.2) is 0 Å². The molecule has 1 aromatic carbocycles. The monoisotopic (exact) mass is 526 g/mol. The zero-order valence-electron chi connectivity index (χ0n) is 19.3. The standard InChI is InChI=1S/C23H30N6O4.2ClH/c30-22(31)19-9-17-8-14(6-7-16(17)11-24-19)12-28-13-18(10-20(28)23(32)33)29-26-21(25-27-29)15-4-2-1-3-5-15;;/h1-5,14,16-20,24H,6-13H2,(H,30,31)(H,32,33);2*1H/t14-,16-,17+,18-,19-,20-;;/m0../s1. The molecule has 0 unspecified atom stereocenters. The first-order chi connectivity index (χ1) is 16.0. The van der Waals surface area contributed by atoms with Crippen LogP contribution in [0.3, 0.4) is 0 Å². The third-order valence-corrected chi connectivity index (χ3v) is 7.66. The van der Waals surface area contributed by atoms with E-state index in [1.54, 1.807) is 4.80 Å². The Balaban J connectivity index is 0.00000171. The second-order valence-electron chi connectivity index (χ2n) is 9.73. The molecule has 1 saturated carbocycles. The Morgan fingerprint density at radius 2 is 1.77 bits per heavy atom. The van der Waals surface area contributed by atoms with Gasteiger partial charge in [-0.1, -0.05) is 30.3 Å². The zero-order chi connectivity index (χ0) is 22.9. The summed E-state index contributed by atoms with van der Waals surface area (Å²) in [4.78, 5) is 27.1. The maximum atomic E-state index is 12.0. The molecule has 3 N–H and O–H groups in total. The number of hydrogen-bond donors (Lipinski definition) is 3. The summed E-state index contributed by atoms with van der Waals surface area (Å²) in [6.45, 7) is 2.05. The van der Waals surface area contributed by atoms with Crippen LogP contribution in [0.5, 0.6) is 0 Å². The number of fused-ring (bicyclic) bond motifs is 1. The summed E-state index contributed by atoms with van der Waals surface area (Å²) in [6.07, 6.45) is 4.18. The number of benzene rings is 1. The van der Waals surface area contributed by atoms with Gasteiger partial charge in [-0.15, -0.1) is 35.0 Å². The third-order valence-electron chi connectivity index (χ3n) is 7.66. The fourth-order valence-electron chi connectivity index (χ4n) is 5.93. The van der Waals surface area contributed by atoms with Gasteiger partial charge in [-0.3, -0.25) is 14.5 Å². The summed E-state index contributed by atoms with van der Waals surface area (Å²) in [5, 5.41) is 35.3. The maximum absolute atomic E-state index is 12.0. The highest BCUT2D eigenvalue weighted by molar-refractivity contribution is 5.85. The van der Waals surface area contributed by atoms with E-state index >= 15 is 0 Å². The van der Waals surface area contributed by atoms with Crippen LogP contribution in [-0.2, 0) is 9.59 Å². The van der Waals surface area contributed by atoms with Gasteiger partial charge in [0, 0.05) is 18.7 Å². The van der Waals surface area contributed by atoms with Crippen molar-refractivity contribution in [1.29, 1.82) is 0 Å². The highest BCUT2D eigenvalue weighted by atomic mass is 35.5. The van der Waals surface area contributed by atoms with Gasteiger partial charge in [0.1, 0.15) is 12.1 Å². The number of likely N-dealkylation sites (tertiary alicyclic amines) is 1. The molecule has 2 aromatic rings. The maximum Gasteiger partial charge on any atom is 0.321 e. The SMILES string of the molecule is Cl.Cl.O=C(O)[C@@H]1C[C@H]2C[C@@H](CN3C[C@@H](n4nnc(-c5ccccc5)n4)C[C@H]3C(=O)O)CC[C@H]2CN1. The van der Waals surface area contributed by atoms with Gasteiger partial charge in [-0.05, 0) is 61.6 Å². The number of halogens is 2. The van der Waals surface area contributed by atoms with E-state index in [9.17, 15) is 19.8 Å². The molecule has 5 rings (SSSR count). The predicted molar refractivity (Wildman–Crippen MR) is 133 cm³/mol. The van der Waals surface area contributed by atoms with E-state index in [1.807, 2.05) is 30.3 Å². The average Bonchev–Trinajstić information content (AvgIpc) is 3.47. The van der Waals surface area contributed by atoms with Gasteiger partial charge in [0.2, 0.25) is 5.82 Å². The molecule has 3 fully saturated rings. The lowest BCUT2D eigenvalue weighted by Crippen LogP contribution is -2.50. The fourth-order valence-corrected chi connectivity index (χ4v) is 5.93. The summed E-state index contributed by atoms with van der Waals surface area (Å²) >= 11 is 0. The first kappa shape index (κ1) is 27.3. The number of hydrogen-bond acceptors (Lipinski definition) is 7. The van der Waals surface area contributed by atoms with Crippen molar-refractivity contribution in [3.8, 4) is 11.4 Å². The van der Waals surface area contributed by atoms with Gasteiger partial charge in [-0.25, -0.2) is 0 Å². The summed E-state index contributed by atoms with van der Waals surface area (Å²) < 4.78 is 0. The Labute approximate surface area is 216 Å². The van der Waals surface area contributed by atoms with Crippen molar-refractivity contribution in [2.24, 2.45) is 17.8 Å². The summed E-state index contributed by atoms with van der Waals surface area (Å²) in [7, 11) is 0. The molecular formula is C23H32Cl2N6O4. The van der Waals surface area contributed by atoms with Gasteiger partial charge in [0.05, 0.1) is 6.04 Å². The minimum atomic E-state index is -0.817. The predicted octanol–water partition coefficient (Wildman–Crippen LogP) is 2.36. The molecule has 35 heavy (non-hydrogen) atoms. The first-order valence-electron chi connectivity index (χ1n) is 11.8. The Morgan fingerprint density at radius 1 is 1.00 bits per heavy atom. The molecule has 1 aromatic heterocycles. The number of nitrogens with one attached hydrogen (secondary N) is 1. The van der Waals surface area contributed by atoms with Crippen LogP contribution in [-0.4, -0.2) is 79.0 Å². The number of carbonyl (C=O) groups is 2. The molecule has 0 amide bonds. The summed E-state index contributed by atoms with van der Waals surface area (Å²) in [5.41, 5.74) is 0.881. The lowest BCUT2D eigenvalue weighted by molar-refractivity contribution is -0.143. The summed E-state index contributed by atoms with van der Waals surface area (Å²) in [5.74, 6) is 0.231. The third kappa shape index (κ3) is 5.94. The van der Waals surface area contributed by atoms with Crippen molar-refractivity contribution in [1.82, 2.24) is 30.4 Å². The number of aromatic nitrogens is 4. The zero-order valence-corrected chi connectivity index (χ0v) is 20.9. The second-order valence-corrected chi connectivity index (χ2v) is 9.73. The largest absolute Gasteiger partial charge is 0.480 e. The number of piperidine rings is 1. The minimum Gasteiger partial charge on any atom is -0.480 e. The van der Waals surface area contributed by atoms with E-state index < -0.39 is 24.0 Å². The van der Waals surface area contributed by atoms with Crippen molar-refractivity contribution >= 4 is 36.8 Å². The molecule has 3 heterocycles. The Kier molecular flexibility index (Phi) is 9.09. The molecule has 6 atom stereocenters. The van der Waals surface area contributed by atoms with Gasteiger partial charge in [0.25, 0.3) is 0 Å². The highest BCUT2D eigenvalue weighted by Gasteiger charge is 2.42. The number of nitrogens with zero attached hydrogens (tertiary/aromatic N) is 5. The van der Waals surface area contributed by atoms with Gasteiger partial charge < -0.3 is 15.5 Å². The summed E-state index contributed by atoms with van der Waals surface area (Å²) in [6, 6.07) is 8.45. The van der Waals surface area contributed by atoms with Crippen LogP contribution in [0, 0.1) is 17.8 Å². The van der Waals surface area contributed by atoms with Crippen LogP contribution in [0.1, 0.15) is 38.1 Å². The molecule has 2 saturated heterocycles. The molecule has 192 valence electrons. The van der Waals surface area contributed by atoms with Crippen molar-refractivity contribution in [2.45, 2.75) is 50.2 Å². The second kappa shape index (κ2) is 11.6. The van der Waals surface area contributed by atoms with Crippen molar-refractivity contribution in [2.75, 3.05) is 19.6 Å². The Bertz CT molecular complexity index is 1010. The van der Waals surface area contributed by atoms with Crippen LogP contribution in [0.4, 0.5) is 0 Å². The number of carboxylic acids is 2. The molecule has 0 spiro atoms. The fraction of sp³-hybridized carbons (Fsp3) is 0.609. The number of rotatable bonds is 6. The van der Waals surface area contributed by atoms with Crippen LogP contribution < -0.4 is 5.32 Å². The van der Waals surface area contributed by atoms with E-state index in [2.05, 4.69) is 25.6 Å². The Morgan fingerprint density at radius 3 is 2.49 bits per heavy atom. The lowest BCUT2D eigenvalue weighted by atomic mass is 9.69. The molecular weight excluding hydrogens is 495 g/mol. The van der Waals surface area contributed by atoms with Crippen LogP contribution >= 0.6 is 24.8 Å². The topological polar surface area (TPSA) is 133 Å². The smallest absolute Gasteiger partial charge is 0.321 e. The van der Waals surface area contributed by atoms with E-state index in [0.29, 0.717) is 49.5 Å². The van der Waals surface area contributed by atoms with Gasteiger partial charge >= 0.3 is 11.9 Å². The molecule has 1 aliphatic carbocycles. The molecule has 0 radical (unpaired) electrons. The highest BCUT2D eigenvalue weighted by Crippen LogP contribution is 2.40. The Hall–Kier alpha value is -2.27. The quantitative estimate of drug-likeness (QED) is 0.518. The van der Waals surface area contributed by atoms with Crippen molar-refractivity contribution in [3.05, 3.63) is 30.3 Å². The number of carboxylic acid groups (broad SMARTS) is 2. The molecule has 2 aliphatic heterocycles. The van der Waals surface area contributed by atoms with E-state index in [0.717, 1.165) is 31.4 Å². The number of aliphatic carboxylic acids is 2. The van der Waals surface area contributed by atoms with E-state index in [1.165, 1.54) is 0 Å². The number of tetrazole rings is 1. The normalized spacial score (nSPS) is 30.5. The van der Waals surface area contributed by atoms with E-state index in [4.69, 9.17) is 0 Å². The van der Waals surface area contributed by atoms with Crippen molar-refractivity contribution in [3.63, 3.8) is 0 Å². The lowest BCUT2D eigenvalue weighted by Gasteiger charge is -2.42. The average molecular weight is 527 g/mol.